The quantitative estimate of drug-likeness (QED) is 0.468. The Labute approximate surface area is 183 Å². The number of ether oxygens (including phenoxy) is 2. The lowest BCUT2D eigenvalue weighted by Gasteiger charge is -2.23. The number of nitrogens with one attached hydrogen (secondary N) is 2. The van der Waals surface area contributed by atoms with Crippen LogP contribution < -0.4 is 20.1 Å². The highest BCUT2D eigenvalue weighted by Gasteiger charge is 2.25. The largest absolute Gasteiger partial charge is 0.489 e. The molecule has 1 aliphatic rings. The van der Waals surface area contributed by atoms with Gasteiger partial charge in [-0.2, -0.15) is 0 Å². The van der Waals surface area contributed by atoms with Gasteiger partial charge >= 0.3 is 0 Å². The molecule has 0 spiro atoms. The first-order valence-corrected chi connectivity index (χ1v) is 10.2. The van der Waals surface area contributed by atoms with Crippen LogP contribution in [-0.2, 0) is 11.4 Å². The normalized spacial score (nSPS) is 14.9. The zero-order chi connectivity index (χ0) is 22.1. The van der Waals surface area contributed by atoms with Gasteiger partial charge in [-0.1, -0.05) is 36.4 Å². The predicted molar refractivity (Wildman–Crippen MR) is 120 cm³/mol. The van der Waals surface area contributed by atoms with E-state index in [9.17, 15) is 9.59 Å². The van der Waals surface area contributed by atoms with Crippen molar-refractivity contribution in [3.8, 4) is 11.5 Å². The van der Waals surface area contributed by atoms with E-state index in [4.69, 9.17) is 13.9 Å². The summed E-state index contributed by atoms with van der Waals surface area (Å²) >= 11 is 0. The highest BCUT2D eigenvalue weighted by atomic mass is 16.5. The number of amides is 2. The summed E-state index contributed by atoms with van der Waals surface area (Å²) in [5, 5.41) is 6.43. The van der Waals surface area contributed by atoms with E-state index in [2.05, 4.69) is 10.6 Å². The van der Waals surface area contributed by atoms with Gasteiger partial charge in [0.05, 0.1) is 5.69 Å². The topological polar surface area (TPSA) is 89.8 Å². The van der Waals surface area contributed by atoms with Gasteiger partial charge in [0.1, 0.15) is 23.7 Å². The Bertz CT molecular complexity index is 1310. The molecule has 7 nitrogen and oxygen atoms in total. The lowest BCUT2D eigenvalue weighted by Crippen LogP contribution is -2.34. The maximum atomic E-state index is 13.1. The lowest BCUT2D eigenvalue weighted by atomic mass is 10.1. The van der Waals surface area contributed by atoms with Crippen LogP contribution in [0.4, 0.5) is 11.4 Å². The summed E-state index contributed by atoms with van der Waals surface area (Å²) in [6.07, 6.45) is -0.564. The predicted octanol–water partition coefficient (Wildman–Crippen LogP) is 4.98. The van der Waals surface area contributed by atoms with Crippen LogP contribution in [0, 0.1) is 0 Å². The van der Waals surface area contributed by atoms with Crippen molar-refractivity contribution in [3.05, 3.63) is 84.1 Å². The lowest BCUT2D eigenvalue weighted by molar-refractivity contribution is -0.122. The summed E-state index contributed by atoms with van der Waals surface area (Å²) in [6, 6.07) is 21.9. The van der Waals surface area contributed by atoms with Crippen molar-refractivity contribution in [2.24, 2.45) is 0 Å². The summed E-state index contributed by atoms with van der Waals surface area (Å²) in [7, 11) is 0. The molecule has 7 heteroatoms. The third-order valence-corrected chi connectivity index (χ3v) is 5.20. The summed E-state index contributed by atoms with van der Waals surface area (Å²) < 4.78 is 17.3. The fourth-order valence-electron chi connectivity index (χ4n) is 3.57. The number of furan rings is 1. The maximum Gasteiger partial charge on any atom is 0.291 e. The molecule has 0 radical (unpaired) electrons. The Hall–Kier alpha value is -4.26. The van der Waals surface area contributed by atoms with E-state index in [-0.39, 0.29) is 18.3 Å². The van der Waals surface area contributed by atoms with Crippen molar-refractivity contribution in [3.63, 3.8) is 0 Å². The number of benzene rings is 3. The molecule has 0 saturated carbocycles. The van der Waals surface area contributed by atoms with E-state index in [1.807, 2.05) is 54.6 Å². The molecule has 0 fully saturated rings. The van der Waals surface area contributed by atoms with Crippen LogP contribution in [0.15, 0.2) is 77.2 Å². The van der Waals surface area contributed by atoms with Gasteiger partial charge in [0.2, 0.25) is 0 Å². The summed E-state index contributed by atoms with van der Waals surface area (Å²) in [5.41, 5.74) is 2.26. The third-order valence-electron chi connectivity index (χ3n) is 5.20. The zero-order valence-corrected chi connectivity index (χ0v) is 17.3. The molecule has 3 aromatic carbocycles. The molecule has 4 aromatic rings. The first kappa shape index (κ1) is 19.7. The van der Waals surface area contributed by atoms with Gasteiger partial charge in [-0.05, 0) is 43.3 Å². The molecule has 0 bridgehead atoms. The molecule has 1 aromatic heterocycles. The average Bonchev–Trinajstić information content (AvgIpc) is 3.18. The molecule has 0 aliphatic carbocycles. The summed E-state index contributed by atoms with van der Waals surface area (Å²) in [4.78, 5) is 25.0. The van der Waals surface area contributed by atoms with Gasteiger partial charge in [-0.15, -0.1) is 0 Å². The standard InChI is InChI=1S/C25H20N2O5/c1-15-24(28)27-20-13-16(11-12-22(20)31-15)26-25(29)23-19(14-30-17-7-3-2-4-8-17)18-9-5-6-10-21(18)32-23/h2-13,15H,14H2,1H3,(H,26,29)(H,27,28). The highest BCUT2D eigenvalue weighted by molar-refractivity contribution is 6.07. The highest BCUT2D eigenvalue weighted by Crippen LogP contribution is 2.33. The maximum absolute atomic E-state index is 13.1. The molecule has 2 heterocycles. The molecule has 160 valence electrons. The Balaban J connectivity index is 1.42. The molecule has 5 rings (SSSR count). The van der Waals surface area contributed by atoms with Crippen molar-refractivity contribution < 1.29 is 23.5 Å². The molecular formula is C25H20N2O5. The molecule has 0 saturated heterocycles. The van der Waals surface area contributed by atoms with Crippen LogP contribution in [0.3, 0.4) is 0 Å². The number of hydrogen-bond donors (Lipinski definition) is 2. The fraction of sp³-hybridized carbons (Fsp3) is 0.120. The van der Waals surface area contributed by atoms with E-state index in [1.165, 1.54) is 0 Å². The number of carbonyl (C=O) groups excluding carboxylic acids is 2. The van der Waals surface area contributed by atoms with Crippen LogP contribution in [0.1, 0.15) is 23.0 Å². The minimum atomic E-state index is -0.564. The first-order chi connectivity index (χ1) is 15.6. The second-order valence-electron chi connectivity index (χ2n) is 7.42. The van der Waals surface area contributed by atoms with Crippen LogP contribution >= 0.6 is 0 Å². The molecule has 1 aliphatic heterocycles. The van der Waals surface area contributed by atoms with E-state index < -0.39 is 12.0 Å². The smallest absolute Gasteiger partial charge is 0.291 e. The van der Waals surface area contributed by atoms with Gasteiger partial charge in [0.25, 0.3) is 11.8 Å². The van der Waals surface area contributed by atoms with E-state index in [0.29, 0.717) is 34.0 Å². The van der Waals surface area contributed by atoms with Crippen molar-refractivity contribution in [1.82, 2.24) is 0 Å². The number of anilines is 2. The molecule has 2 N–H and O–H groups in total. The van der Waals surface area contributed by atoms with Crippen LogP contribution in [0.25, 0.3) is 11.0 Å². The summed E-state index contributed by atoms with van der Waals surface area (Å²) in [5.74, 6) is 0.774. The first-order valence-electron chi connectivity index (χ1n) is 10.2. The molecule has 32 heavy (non-hydrogen) atoms. The van der Waals surface area contributed by atoms with Gasteiger partial charge in [-0.25, -0.2) is 0 Å². The molecule has 1 unspecified atom stereocenters. The minimum Gasteiger partial charge on any atom is -0.489 e. The second-order valence-corrected chi connectivity index (χ2v) is 7.42. The number of hydrogen-bond acceptors (Lipinski definition) is 5. The monoisotopic (exact) mass is 428 g/mol. The Kier molecular flexibility index (Phi) is 4.99. The minimum absolute atomic E-state index is 0.175. The van der Waals surface area contributed by atoms with Crippen molar-refractivity contribution >= 4 is 34.2 Å². The number of carbonyl (C=O) groups is 2. The van der Waals surface area contributed by atoms with Crippen molar-refractivity contribution in [2.45, 2.75) is 19.6 Å². The van der Waals surface area contributed by atoms with E-state index in [0.717, 1.165) is 5.39 Å². The fourth-order valence-corrected chi connectivity index (χ4v) is 3.57. The van der Waals surface area contributed by atoms with Gasteiger partial charge in [0, 0.05) is 16.6 Å². The third kappa shape index (κ3) is 3.76. The van der Waals surface area contributed by atoms with E-state index in [1.54, 1.807) is 25.1 Å². The molecular weight excluding hydrogens is 408 g/mol. The number of para-hydroxylation sites is 2. The van der Waals surface area contributed by atoms with Gasteiger partial charge < -0.3 is 24.5 Å². The Morgan fingerprint density at radius 3 is 2.69 bits per heavy atom. The zero-order valence-electron chi connectivity index (χ0n) is 17.3. The molecule has 1 atom stereocenters. The van der Waals surface area contributed by atoms with Crippen LogP contribution in [0.2, 0.25) is 0 Å². The number of fused-ring (bicyclic) bond motifs is 2. The Morgan fingerprint density at radius 1 is 1.06 bits per heavy atom. The number of rotatable bonds is 5. The average molecular weight is 428 g/mol. The van der Waals surface area contributed by atoms with Crippen LogP contribution in [0.5, 0.6) is 11.5 Å². The van der Waals surface area contributed by atoms with Crippen LogP contribution in [-0.4, -0.2) is 17.9 Å². The Morgan fingerprint density at radius 2 is 1.84 bits per heavy atom. The van der Waals surface area contributed by atoms with Gasteiger partial charge in [-0.3, -0.25) is 9.59 Å². The van der Waals surface area contributed by atoms with E-state index >= 15 is 0 Å². The van der Waals surface area contributed by atoms with Crippen molar-refractivity contribution in [2.75, 3.05) is 10.6 Å². The molecule has 2 amide bonds. The SMILES string of the molecule is CC1Oc2ccc(NC(=O)c3oc4ccccc4c3COc3ccccc3)cc2NC1=O. The van der Waals surface area contributed by atoms with Gasteiger partial charge in [0.15, 0.2) is 11.9 Å². The van der Waals surface area contributed by atoms with Crippen molar-refractivity contribution in [1.29, 1.82) is 0 Å². The summed E-state index contributed by atoms with van der Waals surface area (Å²) in [6.45, 7) is 1.85. The second kappa shape index (κ2) is 8.11.